The monoisotopic (exact) mass is 460 g/mol. The Balaban J connectivity index is 1.83. The molecule has 0 bridgehead atoms. The van der Waals surface area contributed by atoms with Crippen LogP contribution in [-0.2, 0) is 23.5 Å². The number of sulfonamides is 1. The lowest BCUT2D eigenvalue weighted by atomic mass is 10.1. The molecule has 0 spiro atoms. The maximum atomic E-state index is 12.8. The molecule has 0 aliphatic rings. The van der Waals surface area contributed by atoms with E-state index >= 15 is 0 Å². The van der Waals surface area contributed by atoms with E-state index in [0.29, 0.717) is 23.4 Å². The van der Waals surface area contributed by atoms with E-state index in [2.05, 4.69) is 20.7 Å². The zero-order valence-corrected chi connectivity index (χ0v) is 18.3. The Kier molecular flexibility index (Phi) is 5.76. The minimum atomic E-state index is -3.32. The Bertz CT molecular complexity index is 1130. The number of hydrogen-bond acceptors (Lipinski definition) is 3. The zero-order chi connectivity index (χ0) is 20.5. The summed E-state index contributed by atoms with van der Waals surface area (Å²) in [4.78, 5) is 12.8. The van der Waals surface area contributed by atoms with Crippen LogP contribution in [0, 0.1) is 6.92 Å². The van der Waals surface area contributed by atoms with Crippen molar-refractivity contribution in [2.75, 3.05) is 11.0 Å². The van der Waals surface area contributed by atoms with E-state index in [1.165, 1.54) is 0 Å². The fourth-order valence-corrected chi connectivity index (χ4v) is 4.05. The number of benzene rings is 2. The first-order valence-electron chi connectivity index (χ1n) is 8.66. The molecule has 0 aliphatic heterocycles. The molecule has 0 saturated heterocycles. The van der Waals surface area contributed by atoms with E-state index in [0.717, 1.165) is 27.5 Å². The SMILES string of the molecule is Cc1ccc(C(=O)c2ccc(Cc3ccc(NS(C)(=O)=O)cc3Br)n2C)cc1. The standard InChI is InChI=1S/C21H21BrN2O3S/c1-14-4-6-15(7-5-14)21(25)20-11-10-18(24(20)2)12-16-8-9-17(13-19(16)22)23-28(3,26)27/h4-11,13,23H,12H2,1-3H3. The summed E-state index contributed by atoms with van der Waals surface area (Å²) in [6, 6.07) is 16.6. The van der Waals surface area contributed by atoms with Crippen molar-refractivity contribution < 1.29 is 13.2 Å². The molecule has 3 aromatic rings. The maximum Gasteiger partial charge on any atom is 0.229 e. The minimum Gasteiger partial charge on any atom is -0.345 e. The summed E-state index contributed by atoms with van der Waals surface area (Å²) in [5.41, 5.74) is 4.89. The van der Waals surface area contributed by atoms with Crippen molar-refractivity contribution >= 4 is 37.4 Å². The number of carbonyl (C=O) groups excluding carboxylic acids is 1. The molecule has 0 atom stereocenters. The molecule has 0 saturated carbocycles. The van der Waals surface area contributed by atoms with Crippen LogP contribution in [0.2, 0.25) is 0 Å². The second-order valence-electron chi connectivity index (χ2n) is 6.82. The Hall–Kier alpha value is -2.38. The van der Waals surface area contributed by atoms with E-state index in [1.807, 2.05) is 61.0 Å². The van der Waals surface area contributed by atoms with Crippen molar-refractivity contribution in [1.82, 2.24) is 4.57 Å². The van der Waals surface area contributed by atoms with Crippen LogP contribution in [0.5, 0.6) is 0 Å². The third-order valence-corrected chi connectivity index (χ3v) is 5.84. The van der Waals surface area contributed by atoms with Crippen molar-refractivity contribution in [1.29, 1.82) is 0 Å². The van der Waals surface area contributed by atoms with Crippen LogP contribution in [0.1, 0.15) is 32.9 Å². The van der Waals surface area contributed by atoms with E-state index in [-0.39, 0.29) is 5.78 Å². The summed E-state index contributed by atoms with van der Waals surface area (Å²) in [6.45, 7) is 1.99. The van der Waals surface area contributed by atoms with Gasteiger partial charge in [0.25, 0.3) is 0 Å². The lowest BCUT2D eigenvalue weighted by Gasteiger charge is -2.11. The summed E-state index contributed by atoms with van der Waals surface area (Å²) in [5, 5.41) is 0. The lowest BCUT2D eigenvalue weighted by molar-refractivity contribution is 0.103. The van der Waals surface area contributed by atoms with Crippen molar-refractivity contribution in [3.05, 3.63) is 87.1 Å². The average Bonchev–Trinajstić information content (AvgIpc) is 2.96. The molecule has 28 heavy (non-hydrogen) atoms. The molecular weight excluding hydrogens is 440 g/mol. The predicted octanol–water partition coefficient (Wildman–Crippen LogP) is 4.29. The van der Waals surface area contributed by atoms with Crippen LogP contribution in [-0.4, -0.2) is 25.0 Å². The van der Waals surface area contributed by atoms with E-state index < -0.39 is 10.0 Å². The molecule has 1 N–H and O–H groups in total. The fourth-order valence-electron chi connectivity index (χ4n) is 2.98. The first-order valence-corrected chi connectivity index (χ1v) is 11.3. The lowest BCUT2D eigenvalue weighted by Crippen LogP contribution is -2.10. The van der Waals surface area contributed by atoms with Crippen LogP contribution in [0.15, 0.2) is 59.1 Å². The number of nitrogens with zero attached hydrogens (tertiary/aromatic N) is 1. The van der Waals surface area contributed by atoms with Crippen molar-refractivity contribution in [2.45, 2.75) is 13.3 Å². The van der Waals surface area contributed by atoms with Crippen LogP contribution in [0.3, 0.4) is 0 Å². The Morgan fingerprint density at radius 1 is 1.07 bits per heavy atom. The smallest absolute Gasteiger partial charge is 0.229 e. The van der Waals surface area contributed by atoms with Crippen LogP contribution in [0.4, 0.5) is 5.69 Å². The van der Waals surface area contributed by atoms with Crippen molar-refractivity contribution in [3.8, 4) is 0 Å². The number of hydrogen-bond donors (Lipinski definition) is 1. The van der Waals surface area contributed by atoms with Gasteiger partial charge in [0.1, 0.15) is 0 Å². The van der Waals surface area contributed by atoms with E-state index in [4.69, 9.17) is 0 Å². The highest BCUT2D eigenvalue weighted by molar-refractivity contribution is 9.10. The summed E-state index contributed by atoms with van der Waals surface area (Å²) < 4.78 is 27.9. The molecule has 1 heterocycles. The molecule has 3 rings (SSSR count). The molecule has 5 nitrogen and oxygen atoms in total. The summed E-state index contributed by atoms with van der Waals surface area (Å²) >= 11 is 3.50. The minimum absolute atomic E-state index is 0.0134. The predicted molar refractivity (Wildman–Crippen MR) is 115 cm³/mol. The Labute approximate surface area is 173 Å². The van der Waals surface area contributed by atoms with Crippen LogP contribution in [0.25, 0.3) is 0 Å². The van der Waals surface area contributed by atoms with E-state index in [9.17, 15) is 13.2 Å². The Morgan fingerprint density at radius 2 is 1.75 bits per heavy atom. The van der Waals surface area contributed by atoms with Gasteiger partial charge in [0.2, 0.25) is 15.8 Å². The number of halogens is 1. The largest absolute Gasteiger partial charge is 0.345 e. The van der Waals surface area contributed by atoms with Gasteiger partial charge in [-0.05, 0) is 36.8 Å². The van der Waals surface area contributed by atoms with Gasteiger partial charge in [0.05, 0.1) is 11.9 Å². The Morgan fingerprint density at radius 3 is 2.36 bits per heavy atom. The van der Waals surface area contributed by atoms with E-state index in [1.54, 1.807) is 12.1 Å². The topological polar surface area (TPSA) is 68.2 Å². The summed E-state index contributed by atoms with van der Waals surface area (Å²) in [6.07, 6.45) is 1.72. The number of carbonyl (C=O) groups is 1. The van der Waals surface area contributed by atoms with Crippen molar-refractivity contribution in [2.24, 2.45) is 7.05 Å². The molecule has 2 aromatic carbocycles. The van der Waals surface area contributed by atoms with Gasteiger partial charge >= 0.3 is 0 Å². The van der Waals surface area contributed by atoms with Crippen molar-refractivity contribution in [3.63, 3.8) is 0 Å². The molecule has 7 heteroatoms. The average molecular weight is 461 g/mol. The van der Waals surface area contributed by atoms with Gasteiger partial charge in [-0.2, -0.15) is 0 Å². The quantitative estimate of drug-likeness (QED) is 0.557. The molecular formula is C21H21BrN2O3S. The van der Waals surface area contributed by atoms with Gasteiger partial charge in [-0.15, -0.1) is 0 Å². The highest BCUT2D eigenvalue weighted by Crippen LogP contribution is 2.25. The van der Waals surface area contributed by atoms with Gasteiger partial charge in [-0.3, -0.25) is 9.52 Å². The van der Waals surface area contributed by atoms with Gasteiger partial charge in [0.15, 0.2) is 0 Å². The summed E-state index contributed by atoms with van der Waals surface area (Å²) in [7, 11) is -1.44. The second-order valence-corrected chi connectivity index (χ2v) is 9.42. The van der Waals surface area contributed by atoms with Gasteiger partial charge in [-0.25, -0.2) is 8.42 Å². The number of aryl methyl sites for hydroxylation is 1. The summed E-state index contributed by atoms with van der Waals surface area (Å²) in [5.74, 6) is -0.0134. The fraction of sp³-hybridized carbons (Fsp3) is 0.190. The highest BCUT2D eigenvalue weighted by Gasteiger charge is 2.15. The molecule has 1 aromatic heterocycles. The molecule has 146 valence electrons. The number of rotatable bonds is 6. The first kappa shape index (κ1) is 20.4. The molecule has 0 amide bonds. The normalized spacial score (nSPS) is 11.4. The van der Waals surface area contributed by atoms with Gasteiger partial charge < -0.3 is 4.57 Å². The third-order valence-electron chi connectivity index (χ3n) is 4.50. The van der Waals surface area contributed by atoms with Crippen LogP contribution < -0.4 is 4.72 Å². The number of nitrogens with one attached hydrogen (secondary N) is 1. The third kappa shape index (κ3) is 4.72. The first-order chi connectivity index (χ1) is 13.1. The molecule has 0 aliphatic carbocycles. The van der Waals surface area contributed by atoms with Gasteiger partial charge in [-0.1, -0.05) is 51.8 Å². The second kappa shape index (κ2) is 7.93. The van der Waals surface area contributed by atoms with Crippen LogP contribution >= 0.6 is 15.9 Å². The number of aromatic nitrogens is 1. The number of anilines is 1. The maximum absolute atomic E-state index is 12.8. The number of ketones is 1. The van der Waals surface area contributed by atoms with Gasteiger partial charge in [0, 0.05) is 34.9 Å². The molecule has 0 radical (unpaired) electrons. The molecule has 0 unspecified atom stereocenters. The molecule has 0 fully saturated rings. The zero-order valence-electron chi connectivity index (χ0n) is 15.9. The highest BCUT2D eigenvalue weighted by atomic mass is 79.9.